The Balaban J connectivity index is 2.09. The molecule has 1 N–H and O–H groups in total. The largest absolute Gasteiger partial charge is 0.351 e. The zero-order chi connectivity index (χ0) is 18.0. The van der Waals surface area contributed by atoms with Gasteiger partial charge in [-0.3, -0.25) is 4.79 Å². The highest BCUT2D eigenvalue weighted by Crippen LogP contribution is 2.19. The van der Waals surface area contributed by atoms with Crippen molar-refractivity contribution in [2.75, 3.05) is 24.6 Å². The molecule has 7 nitrogen and oxygen atoms in total. The molecular weight excluding hydrogens is 359 g/mol. The van der Waals surface area contributed by atoms with Crippen LogP contribution in [0.15, 0.2) is 29.2 Å². The van der Waals surface area contributed by atoms with E-state index in [2.05, 4.69) is 5.32 Å². The lowest BCUT2D eigenvalue weighted by Gasteiger charge is -2.21. The van der Waals surface area contributed by atoms with Gasteiger partial charge in [-0.25, -0.2) is 21.2 Å². The SMILES string of the molecule is CCN(CC(=O)N[C@@H]1CCS(=O)(=O)C1)S(=O)(=O)c1ccccc1F. The Morgan fingerprint density at radius 2 is 2.04 bits per heavy atom. The second-order valence-corrected chi connectivity index (χ2v) is 9.66. The Hall–Kier alpha value is -1.52. The molecule has 10 heteroatoms. The summed E-state index contributed by atoms with van der Waals surface area (Å²) >= 11 is 0. The van der Waals surface area contributed by atoms with Crippen LogP contribution in [0.3, 0.4) is 0 Å². The number of sulfone groups is 1. The van der Waals surface area contributed by atoms with Crippen molar-refractivity contribution in [1.82, 2.24) is 9.62 Å². The van der Waals surface area contributed by atoms with Gasteiger partial charge >= 0.3 is 0 Å². The molecule has 1 amide bonds. The molecule has 0 saturated carbocycles. The number of sulfonamides is 1. The molecule has 1 aromatic carbocycles. The third-order valence-electron chi connectivity index (χ3n) is 3.72. The quantitative estimate of drug-likeness (QED) is 0.759. The Kier molecular flexibility index (Phi) is 5.61. The number of hydrogen-bond donors (Lipinski definition) is 1. The highest BCUT2D eigenvalue weighted by Gasteiger charge is 2.31. The van der Waals surface area contributed by atoms with Gasteiger partial charge < -0.3 is 5.32 Å². The van der Waals surface area contributed by atoms with Crippen LogP contribution in [0.4, 0.5) is 4.39 Å². The summed E-state index contributed by atoms with van der Waals surface area (Å²) in [5, 5.41) is 2.52. The molecule has 2 rings (SSSR count). The molecule has 0 spiro atoms. The van der Waals surface area contributed by atoms with Gasteiger partial charge in [0.15, 0.2) is 9.84 Å². The van der Waals surface area contributed by atoms with Crippen molar-refractivity contribution in [3.8, 4) is 0 Å². The maximum Gasteiger partial charge on any atom is 0.246 e. The number of nitrogens with zero attached hydrogens (tertiary/aromatic N) is 1. The van der Waals surface area contributed by atoms with Gasteiger partial charge in [0.05, 0.1) is 18.1 Å². The lowest BCUT2D eigenvalue weighted by molar-refractivity contribution is -0.121. The van der Waals surface area contributed by atoms with Gasteiger partial charge in [-0.2, -0.15) is 4.31 Å². The summed E-state index contributed by atoms with van der Waals surface area (Å²) in [4.78, 5) is 11.5. The Morgan fingerprint density at radius 3 is 2.58 bits per heavy atom. The van der Waals surface area contributed by atoms with Gasteiger partial charge in [0.25, 0.3) is 0 Å². The standard InChI is InChI=1S/C14H19FN2O5S2/c1-2-17(24(21,22)13-6-4-3-5-12(13)15)9-14(18)16-11-7-8-23(19,20)10-11/h3-6,11H,2,7-10H2,1H3,(H,16,18)/t11-/m1/s1. The number of hydrogen-bond acceptors (Lipinski definition) is 5. The first-order chi connectivity index (χ1) is 11.2. The average Bonchev–Trinajstić information content (AvgIpc) is 2.83. The average molecular weight is 378 g/mol. The fourth-order valence-electron chi connectivity index (χ4n) is 2.50. The maximum absolute atomic E-state index is 13.8. The summed E-state index contributed by atoms with van der Waals surface area (Å²) in [7, 11) is -7.30. The van der Waals surface area contributed by atoms with Crippen molar-refractivity contribution in [3.63, 3.8) is 0 Å². The first kappa shape index (κ1) is 18.8. The number of likely N-dealkylation sites (N-methyl/N-ethyl adjacent to an activating group) is 1. The third-order valence-corrected chi connectivity index (χ3v) is 7.45. The van der Waals surface area contributed by atoms with E-state index in [4.69, 9.17) is 0 Å². The molecule has 1 aliphatic heterocycles. The number of nitrogens with one attached hydrogen (secondary N) is 1. The Labute approximate surface area is 140 Å². The minimum Gasteiger partial charge on any atom is -0.351 e. The van der Waals surface area contributed by atoms with Crippen LogP contribution in [-0.2, 0) is 24.7 Å². The van der Waals surface area contributed by atoms with E-state index in [1.807, 2.05) is 0 Å². The number of halogens is 1. The van der Waals surface area contributed by atoms with E-state index in [1.165, 1.54) is 19.1 Å². The highest BCUT2D eigenvalue weighted by molar-refractivity contribution is 7.91. The van der Waals surface area contributed by atoms with E-state index in [-0.39, 0.29) is 18.1 Å². The topological polar surface area (TPSA) is 101 Å². The van der Waals surface area contributed by atoms with Crippen LogP contribution in [0.25, 0.3) is 0 Å². The molecule has 0 aliphatic carbocycles. The molecule has 0 aromatic heterocycles. The number of carbonyl (C=O) groups excluding carboxylic acids is 1. The summed E-state index contributed by atoms with van der Waals surface area (Å²) in [6.45, 7) is 1.02. The van der Waals surface area contributed by atoms with Gasteiger partial charge in [0.2, 0.25) is 15.9 Å². The lowest BCUT2D eigenvalue weighted by Crippen LogP contribution is -2.44. The third kappa shape index (κ3) is 4.31. The van der Waals surface area contributed by atoms with Crippen molar-refractivity contribution in [1.29, 1.82) is 0 Å². The van der Waals surface area contributed by atoms with E-state index < -0.39 is 49.1 Å². The van der Waals surface area contributed by atoms with Gasteiger partial charge in [-0.1, -0.05) is 19.1 Å². The van der Waals surface area contributed by atoms with Crippen LogP contribution in [0, 0.1) is 5.82 Å². The second-order valence-electron chi connectivity index (χ2n) is 5.53. The summed E-state index contributed by atoms with van der Waals surface area (Å²) in [5.41, 5.74) is 0. The maximum atomic E-state index is 13.8. The molecule has 1 atom stereocenters. The van der Waals surface area contributed by atoms with E-state index in [0.29, 0.717) is 6.42 Å². The minimum absolute atomic E-state index is 0.00294. The van der Waals surface area contributed by atoms with Crippen molar-refractivity contribution in [2.24, 2.45) is 0 Å². The molecule has 1 heterocycles. The van der Waals surface area contributed by atoms with Crippen LogP contribution in [0.2, 0.25) is 0 Å². The number of rotatable bonds is 6. The van der Waals surface area contributed by atoms with E-state index in [9.17, 15) is 26.0 Å². The van der Waals surface area contributed by atoms with Crippen molar-refractivity contribution in [2.45, 2.75) is 24.3 Å². The smallest absolute Gasteiger partial charge is 0.246 e. The zero-order valence-corrected chi connectivity index (χ0v) is 14.7. The van der Waals surface area contributed by atoms with Crippen molar-refractivity contribution < 1.29 is 26.0 Å². The first-order valence-corrected chi connectivity index (χ1v) is 10.7. The monoisotopic (exact) mass is 378 g/mol. The summed E-state index contributed by atoms with van der Waals surface area (Å²) in [6.07, 6.45) is 0.306. The van der Waals surface area contributed by atoms with E-state index in [0.717, 1.165) is 16.4 Å². The predicted molar refractivity (Wildman–Crippen MR) is 86.0 cm³/mol. The molecule has 0 bridgehead atoms. The molecule has 1 saturated heterocycles. The number of benzene rings is 1. The van der Waals surface area contributed by atoms with Crippen LogP contribution in [-0.4, -0.2) is 57.7 Å². The van der Waals surface area contributed by atoms with Crippen LogP contribution in [0.5, 0.6) is 0 Å². The summed E-state index contributed by atoms with van der Waals surface area (Å²) in [6, 6.07) is 4.42. The Bertz CT molecular complexity index is 823. The normalized spacial score (nSPS) is 20.2. The molecular formula is C14H19FN2O5S2. The molecule has 1 aliphatic rings. The minimum atomic E-state index is -4.15. The lowest BCUT2D eigenvalue weighted by atomic mass is 10.2. The molecule has 134 valence electrons. The molecule has 0 radical (unpaired) electrons. The molecule has 24 heavy (non-hydrogen) atoms. The van der Waals surface area contributed by atoms with E-state index >= 15 is 0 Å². The summed E-state index contributed by atoms with van der Waals surface area (Å²) in [5.74, 6) is -1.65. The van der Waals surface area contributed by atoms with Crippen LogP contribution in [0.1, 0.15) is 13.3 Å². The fraction of sp³-hybridized carbons (Fsp3) is 0.500. The van der Waals surface area contributed by atoms with Gasteiger partial charge in [0.1, 0.15) is 10.7 Å². The van der Waals surface area contributed by atoms with Gasteiger partial charge in [-0.05, 0) is 18.6 Å². The molecule has 1 aromatic rings. The van der Waals surface area contributed by atoms with Crippen molar-refractivity contribution >= 4 is 25.8 Å². The van der Waals surface area contributed by atoms with Gasteiger partial charge in [-0.15, -0.1) is 0 Å². The predicted octanol–water partition coefficient (Wildman–Crippen LogP) is 0.140. The van der Waals surface area contributed by atoms with Crippen molar-refractivity contribution in [3.05, 3.63) is 30.1 Å². The second kappa shape index (κ2) is 7.16. The number of amides is 1. The summed E-state index contributed by atoms with van der Waals surface area (Å²) < 4.78 is 62.3. The van der Waals surface area contributed by atoms with Crippen LogP contribution >= 0.6 is 0 Å². The van der Waals surface area contributed by atoms with E-state index in [1.54, 1.807) is 0 Å². The number of carbonyl (C=O) groups is 1. The first-order valence-electron chi connectivity index (χ1n) is 7.40. The molecule has 0 unspecified atom stereocenters. The zero-order valence-electron chi connectivity index (χ0n) is 13.1. The fourth-order valence-corrected chi connectivity index (χ4v) is 5.65. The van der Waals surface area contributed by atoms with Crippen LogP contribution < -0.4 is 5.32 Å². The molecule has 1 fully saturated rings. The van der Waals surface area contributed by atoms with Gasteiger partial charge in [0, 0.05) is 12.6 Å². The Morgan fingerprint density at radius 1 is 1.38 bits per heavy atom. The highest BCUT2D eigenvalue weighted by atomic mass is 32.2.